The highest BCUT2D eigenvalue weighted by Gasteiger charge is 2.35. The van der Waals surface area contributed by atoms with Crippen molar-refractivity contribution in [3.63, 3.8) is 0 Å². The molecule has 0 saturated heterocycles. The first kappa shape index (κ1) is 9.54. The number of hydrogen-bond acceptors (Lipinski definition) is 4. The third-order valence-corrected chi connectivity index (χ3v) is 5.44. The monoisotopic (exact) mass is 241 g/mol. The summed E-state index contributed by atoms with van der Waals surface area (Å²) in [6.45, 7) is 0.988. The molecule has 1 saturated carbocycles. The number of thiophene rings is 1. The van der Waals surface area contributed by atoms with Crippen molar-refractivity contribution in [2.75, 3.05) is 11.9 Å². The Morgan fingerprint density at radius 1 is 1.53 bits per heavy atom. The van der Waals surface area contributed by atoms with Gasteiger partial charge in [-0.05, 0) is 24.8 Å². The van der Waals surface area contributed by atoms with E-state index in [0.29, 0.717) is 10.1 Å². The van der Waals surface area contributed by atoms with Crippen LogP contribution in [0.25, 0.3) is 0 Å². The van der Waals surface area contributed by atoms with Gasteiger partial charge >= 0.3 is 5.97 Å². The summed E-state index contributed by atoms with van der Waals surface area (Å²) < 4.78 is 0. The second-order valence-corrected chi connectivity index (χ2v) is 6.32. The average molecular weight is 241 g/mol. The molecule has 1 unspecified atom stereocenters. The van der Waals surface area contributed by atoms with E-state index in [-0.39, 0.29) is 0 Å². The summed E-state index contributed by atoms with van der Waals surface area (Å²) in [6, 6.07) is 1.80. The van der Waals surface area contributed by atoms with Crippen LogP contribution >= 0.6 is 23.1 Å². The first-order chi connectivity index (χ1) is 7.24. The van der Waals surface area contributed by atoms with Crippen molar-refractivity contribution in [2.45, 2.75) is 23.0 Å². The molecule has 5 heteroatoms. The van der Waals surface area contributed by atoms with Gasteiger partial charge < -0.3 is 10.4 Å². The van der Waals surface area contributed by atoms with Gasteiger partial charge in [0.15, 0.2) is 0 Å². The molecular formula is C10H11NO2S2. The largest absolute Gasteiger partial charge is 0.477 e. The second kappa shape index (κ2) is 3.42. The number of aromatic carboxylic acids is 1. The Morgan fingerprint density at radius 3 is 3.00 bits per heavy atom. The number of carboxylic acids is 1. The Kier molecular flexibility index (Phi) is 2.17. The van der Waals surface area contributed by atoms with Gasteiger partial charge in [-0.3, -0.25) is 0 Å². The van der Waals surface area contributed by atoms with Gasteiger partial charge in [0, 0.05) is 16.7 Å². The van der Waals surface area contributed by atoms with Crippen LogP contribution in [-0.4, -0.2) is 22.9 Å². The zero-order chi connectivity index (χ0) is 10.4. The maximum atomic E-state index is 10.8. The van der Waals surface area contributed by atoms with E-state index in [1.54, 1.807) is 6.07 Å². The molecule has 0 aromatic carbocycles. The molecule has 1 aliphatic heterocycles. The van der Waals surface area contributed by atoms with Crippen molar-refractivity contribution in [3.05, 3.63) is 10.9 Å². The number of carbonyl (C=O) groups is 1. The Morgan fingerprint density at radius 2 is 2.33 bits per heavy atom. The number of hydrogen-bond donors (Lipinski definition) is 2. The lowest BCUT2D eigenvalue weighted by Gasteiger charge is -2.22. The molecule has 2 heterocycles. The van der Waals surface area contributed by atoms with Gasteiger partial charge in [0.1, 0.15) is 9.88 Å². The average Bonchev–Trinajstić information content (AvgIpc) is 2.96. The molecule has 0 radical (unpaired) electrons. The molecule has 1 aromatic rings. The van der Waals surface area contributed by atoms with Crippen LogP contribution in [0.4, 0.5) is 5.00 Å². The van der Waals surface area contributed by atoms with E-state index in [9.17, 15) is 4.79 Å². The highest BCUT2D eigenvalue weighted by Crippen LogP contribution is 2.48. The molecule has 3 nitrogen and oxygen atoms in total. The summed E-state index contributed by atoms with van der Waals surface area (Å²) in [5.41, 5.74) is 0. The van der Waals surface area contributed by atoms with Gasteiger partial charge in [-0.25, -0.2) is 4.79 Å². The predicted molar refractivity (Wildman–Crippen MR) is 62.1 cm³/mol. The van der Waals surface area contributed by atoms with Crippen molar-refractivity contribution in [1.29, 1.82) is 0 Å². The van der Waals surface area contributed by atoms with Crippen molar-refractivity contribution >= 4 is 34.1 Å². The van der Waals surface area contributed by atoms with Gasteiger partial charge in [0.05, 0.1) is 0 Å². The van der Waals surface area contributed by atoms with Crippen LogP contribution in [0.15, 0.2) is 11.0 Å². The number of carboxylic acid groups (broad SMARTS) is 1. The van der Waals surface area contributed by atoms with Gasteiger partial charge in [0.25, 0.3) is 0 Å². The molecular weight excluding hydrogens is 230 g/mol. The molecule has 0 spiro atoms. The predicted octanol–water partition coefficient (Wildman–Crippen LogP) is 2.74. The van der Waals surface area contributed by atoms with E-state index in [2.05, 4.69) is 5.32 Å². The third-order valence-electron chi connectivity index (χ3n) is 2.80. The fourth-order valence-corrected chi connectivity index (χ4v) is 4.28. The van der Waals surface area contributed by atoms with E-state index < -0.39 is 5.97 Å². The maximum Gasteiger partial charge on any atom is 0.345 e. The first-order valence-corrected chi connectivity index (χ1v) is 6.71. The van der Waals surface area contributed by atoms with E-state index in [0.717, 1.165) is 22.4 Å². The molecule has 3 rings (SSSR count). The van der Waals surface area contributed by atoms with E-state index in [1.807, 2.05) is 11.8 Å². The highest BCUT2D eigenvalue weighted by molar-refractivity contribution is 8.00. The highest BCUT2D eigenvalue weighted by atomic mass is 32.2. The molecule has 80 valence electrons. The van der Waals surface area contributed by atoms with Gasteiger partial charge in [-0.15, -0.1) is 23.1 Å². The molecule has 1 aliphatic carbocycles. The Hall–Kier alpha value is -0.680. The minimum Gasteiger partial charge on any atom is -0.477 e. The van der Waals surface area contributed by atoms with Gasteiger partial charge in [0.2, 0.25) is 0 Å². The lowest BCUT2D eigenvalue weighted by Crippen LogP contribution is -2.21. The van der Waals surface area contributed by atoms with E-state index in [1.165, 1.54) is 24.2 Å². The number of nitrogens with one attached hydrogen (secondary N) is 1. The van der Waals surface area contributed by atoms with Crippen LogP contribution < -0.4 is 5.32 Å². The summed E-state index contributed by atoms with van der Waals surface area (Å²) in [4.78, 5) is 12.4. The standard InChI is InChI=1S/C10H11NO2S2/c12-10(13)7-3-6-9(15-7)11-4-8(14-6)5-1-2-5/h3,5,8,11H,1-2,4H2,(H,12,13). The normalized spacial score (nSPS) is 24.4. The van der Waals surface area contributed by atoms with Crippen LogP contribution in [0.2, 0.25) is 0 Å². The summed E-state index contributed by atoms with van der Waals surface area (Å²) >= 11 is 3.20. The summed E-state index contributed by atoms with van der Waals surface area (Å²) in [7, 11) is 0. The van der Waals surface area contributed by atoms with Crippen molar-refractivity contribution in [2.24, 2.45) is 5.92 Å². The molecule has 1 atom stereocenters. The smallest absolute Gasteiger partial charge is 0.345 e. The zero-order valence-corrected chi connectivity index (χ0v) is 9.66. The Labute approximate surface area is 95.9 Å². The van der Waals surface area contributed by atoms with Crippen LogP contribution in [-0.2, 0) is 0 Å². The number of thioether (sulfide) groups is 1. The summed E-state index contributed by atoms with van der Waals surface area (Å²) in [6.07, 6.45) is 2.68. The number of fused-ring (bicyclic) bond motifs is 1. The molecule has 2 N–H and O–H groups in total. The molecule has 2 aliphatic rings. The molecule has 0 bridgehead atoms. The van der Waals surface area contributed by atoms with Crippen molar-refractivity contribution < 1.29 is 9.90 Å². The number of rotatable bonds is 2. The van der Waals surface area contributed by atoms with Crippen LogP contribution in [0, 0.1) is 5.92 Å². The quantitative estimate of drug-likeness (QED) is 0.836. The van der Waals surface area contributed by atoms with Crippen LogP contribution in [0.1, 0.15) is 22.5 Å². The van der Waals surface area contributed by atoms with Crippen molar-refractivity contribution in [3.8, 4) is 0 Å². The minimum absolute atomic E-state index is 0.441. The lowest BCUT2D eigenvalue weighted by molar-refractivity contribution is 0.0702. The zero-order valence-electron chi connectivity index (χ0n) is 8.03. The van der Waals surface area contributed by atoms with E-state index in [4.69, 9.17) is 5.11 Å². The molecule has 1 fully saturated rings. The SMILES string of the molecule is O=C(O)c1cc2c(s1)NCC(C1CC1)S2. The molecule has 1 aromatic heterocycles. The van der Waals surface area contributed by atoms with Crippen LogP contribution in [0.5, 0.6) is 0 Å². The Balaban J connectivity index is 1.85. The fraction of sp³-hybridized carbons (Fsp3) is 0.500. The fourth-order valence-electron chi connectivity index (χ4n) is 1.82. The summed E-state index contributed by atoms with van der Waals surface area (Å²) in [5, 5.41) is 13.9. The summed E-state index contributed by atoms with van der Waals surface area (Å²) in [5.74, 6) is 0.0311. The minimum atomic E-state index is -0.820. The lowest BCUT2D eigenvalue weighted by atomic mass is 10.3. The van der Waals surface area contributed by atoms with Gasteiger partial charge in [-0.2, -0.15) is 0 Å². The topological polar surface area (TPSA) is 49.3 Å². The van der Waals surface area contributed by atoms with Crippen LogP contribution in [0.3, 0.4) is 0 Å². The third kappa shape index (κ3) is 1.74. The second-order valence-electron chi connectivity index (χ2n) is 3.98. The first-order valence-electron chi connectivity index (χ1n) is 5.01. The van der Waals surface area contributed by atoms with Crippen molar-refractivity contribution in [1.82, 2.24) is 0 Å². The maximum absolute atomic E-state index is 10.8. The number of anilines is 1. The molecule has 0 amide bonds. The molecule has 15 heavy (non-hydrogen) atoms. The van der Waals surface area contributed by atoms with E-state index >= 15 is 0 Å². The van der Waals surface area contributed by atoms with Gasteiger partial charge in [-0.1, -0.05) is 0 Å². The Bertz CT molecular complexity index is 412.